The number of amides is 4. The van der Waals surface area contributed by atoms with Crippen molar-refractivity contribution >= 4 is 163 Å². The summed E-state index contributed by atoms with van der Waals surface area (Å²) in [5, 5.41) is 3.77. The third-order valence-electron chi connectivity index (χ3n) is 23.9. The van der Waals surface area contributed by atoms with E-state index in [4.69, 9.17) is 29.3 Å². The lowest BCUT2D eigenvalue weighted by atomic mass is 10.0. The lowest BCUT2D eigenvalue weighted by Crippen LogP contribution is -2.37. The molecule has 0 unspecified atom stereocenters. The normalized spacial score (nSPS) is 12.4. The van der Waals surface area contributed by atoms with Crippen LogP contribution >= 0.6 is 11.6 Å². The fourth-order valence-electron chi connectivity index (χ4n) is 17.3. The van der Waals surface area contributed by atoms with Crippen molar-refractivity contribution in [2.24, 2.45) is 0 Å². The molecule has 0 radical (unpaired) electrons. The monoisotopic (exact) mass is 2000 g/mol. The Morgan fingerprint density at radius 1 is 0.376 bits per heavy atom. The van der Waals surface area contributed by atoms with Gasteiger partial charge in [-0.25, -0.2) is 65.7 Å². The molecule has 20 aromatic rings. The van der Waals surface area contributed by atoms with Gasteiger partial charge < -0.3 is 55.9 Å². The van der Waals surface area contributed by atoms with E-state index in [2.05, 4.69) is 29.4 Å². The van der Waals surface area contributed by atoms with Crippen LogP contribution in [0.15, 0.2) is 299 Å². The highest BCUT2D eigenvalue weighted by molar-refractivity contribution is 7.91. The van der Waals surface area contributed by atoms with Crippen LogP contribution in [-0.2, 0) is 66.3 Å². The van der Waals surface area contributed by atoms with Gasteiger partial charge in [0, 0.05) is 96.8 Å². The highest BCUT2D eigenvalue weighted by Gasteiger charge is 2.40. The summed E-state index contributed by atoms with van der Waals surface area (Å²) in [5.41, 5.74) is 5.15. The lowest BCUT2D eigenvalue weighted by Gasteiger charge is -2.14. The van der Waals surface area contributed by atoms with E-state index in [1.165, 1.54) is 102 Å². The van der Waals surface area contributed by atoms with Gasteiger partial charge in [-0.1, -0.05) is 84.4 Å². The summed E-state index contributed by atoms with van der Waals surface area (Å²) < 4.78 is 181. The molecule has 141 heavy (non-hydrogen) atoms. The second kappa shape index (κ2) is 37.9. The van der Waals surface area contributed by atoms with Crippen molar-refractivity contribution < 1.29 is 83.7 Å². The van der Waals surface area contributed by atoms with Crippen LogP contribution in [-0.4, -0.2) is 119 Å². The zero-order valence-corrected chi connectivity index (χ0v) is 78.8. The first-order valence-corrected chi connectivity index (χ1v) is 50.6. The number of nitrogens with zero attached hydrogens (tertiary/aromatic N) is 4. The molecule has 1 saturated carbocycles. The molecule has 1 aliphatic carbocycles. The summed E-state index contributed by atoms with van der Waals surface area (Å²) in [6.45, 7) is 4.41. The van der Waals surface area contributed by atoms with Gasteiger partial charge in [0.2, 0.25) is 40.1 Å². The number of sulfonamides is 4. The Morgan fingerprint density at radius 3 is 0.986 bits per heavy atom. The summed E-state index contributed by atoms with van der Waals surface area (Å²) >= 11 is 6.41. The number of furan rings is 4. The Balaban J connectivity index is 0.000000124. The van der Waals surface area contributed by atoms with Gasteiger partial charge in [0.1, 0.15) is 62.6 Å². The number of aromatic amines is 4. The Kier molecular flexibility index (Phi) is 25.5. The number of aromatic nitrogens is 8. The number of nitrogens with one attached hydrogen (secondary N) is 8. The van der Waals surface area contributed by atoms with Crippen molar-refractivity contribution in [2.75, 3.05) is 12.5 Å². The molecule has 21 rings (SSSR count). The van der Waals surface area contributed by atoms with Gasteiger partial charge in [-0.05, 0) is 184 Å². The Hall–Kier alpha value is -16.4. The number of carbonyl (C=O) groups is 4. The molecular weight excluding hydrogens is 1920 g/mol. The third kappa shape index (κ3) is 18.6. The number of benzene rings is 8. The van der Waals surface area contributed by atoms with E-state index >= 15 is 4.39 Å². The molecule has 4 amide bonds. The highest BCUT2D eigenvalue weighted by Crippen LogP contribution is 2.46. The molecule has 1 aliphatic rings. The molecule has 12 heterocycles. The molecule has 40 heteroatoms. The summed E-state index contributed by atoms with van der Waals surface area (Å²) in [6.07, 6.45) is 14.5. The third-order valence-corrected chi connectivity index (χ3v) is 28.9. The first-order valence-electron chi connectivity index (χ1n) is 43.4. The number of H-pyrrole nitrogens is 4. The SMILES string of the molecule is CC(C)S(=O)(=O)NC(=O)c1c(-c2ccc[nH]c2=O)c2c3occc3ccc2n1Cc1ccccc1F.CS(=O)(=O)NC(=O)c1c(-c2ccc[nH]c2=O)c2c3occc3ccc2n1Cc1ccccc1Cl.Cc1cccc(Cn2c(C(=O)NS(C)(=O)=O)c(-c3ccc[nH]c3=O)c3c4occc4ccc32)c1F.O=C(NS(=O)(=O)C1CC1)c1c(-c2ccc[nH]c2=O)c2c3occc3ccc2n1Cc1ccccc1F. The summed E-state index contributed by atoms with van der Waals surface area (Å²) in [5.74, 6) is -5.06. The van der Waals surface area contributed by atoms with Crippen molar-refractivity contribution in [1.82, 2.24) is 57.1 Å². The van der Waals surface area contributed by atoms with E-state index < -0.39 is 114 Å². The molecule has 8 aromatic carbocycles. The second-order valence-corrected chi connectivity index (χ2v) is 41.6. The number of halogens is 4. The van der Waals surface area contributed by atoms with Crippen molar-refractivity contribution in [2.45, 2.75) is 70.3 Å². The molecular formula is C101H80ClF3N12O20S4. The average Bonchev–Trinajstić information content (AvgIpc) is 1.58. The number of hydrogen-bond acceptors (Lipinski definition) is 20. The van der Waals surface area contributed by atoms with Crippen LogP contribution in [0, 0.1) is 24.4 Å². The highest BCUT2D eigenvalue weighted by atomic mass is 35.5. The van der Waals surface area contributed by atoms with E-state index in [0.717, 1.165) is 34.1 Å². The first-order chi connectivity index (χ1) is 67.4. The number of fused-ring (bicyclic) bond motifs is 12. The van der Waals surface area contributed by atoms with Crippen molar-refractivity contribution in [3.63, 3.8) is 0 Å². The molecule has 32 nitrogen and oxygen atoms in total. The Labute approximate surface area is 802 Å². The van der Waals surface area contributed by atoms with Gasteiger partial charge in [-0.2, -0.15) is 0 Å². The van der Waals surface area contributed by atoms with E-state index in [0.29, 0.717) is 106 Å². The first kappa shape index (κ1) is 95.0. The molecule has 716 valence electrons. The van der Waals surface area contributed by atoms with Gasteiger partial charge in [0.15, 0.2) is 0 Å². The molecule has 0 atom stereocenters. The maximum Gasteiger partial charge on any atom is 0.282 e. The number of pyridine rings is 4. The standard InChI is InChI=1S/C26H20FN3O5S.C26H22FN3O5S.C25H20FN3O5S.C24H18ClN3O5S/c27-19-6-2-1-4-16(19)14-30-20-10-7-15-11-13-35-24(15)22(20)21(18-5-3-12-28-25(18)31)23(30)26(32)29-36(33,34)17-8-9-17;1-15(2)36(33,34)29-26(32)23-21(18-7-5-12-28-25(18)31)22-20(10-9-16-11-13-35-24(16)22)30(23)14-17-6-3-4-8-19(17)27;1-14-5-3-6-16(21(14)26)13-29-18-9-8-15-10-12-34-23(15)20(18)19(17-7-4-11-27-24(17)30)22(29)25(31)28-35(2,32)33;1-34(31,32)27-24(30)21-19(16-6-4-11-26-23(16)29)20-18(9-8-14-10-12-33-22(14)20)28(21)13-15-5-2-3-7-17(15)25/h1-7,10-13,17H,8-9,14H2,(H,28,31)(H,29,32);3-13,15H,14H2,1-2H3,(H,28,31)(H,29,32);3-12H,13H2,1-2H3,(H,27,30)(H,28,31);2-12H,13H2,1H3,(H,26,29)(H,27,30). The smallest absolute Gasteiger partial charge is 0.282 e. The molecule has 8 N–H and O–H groups in total. The Bertz CT molecular complexity index is 9040. The van der Waals surface area contributed by atoms with E-state index in [9.17, 15) is 80.8 Å². The Morgan fingerprint density at radius 2 is 0.674 bits per heavy atom. The van der Waals surface area contributed by atoms with Crippen molar-refractivity contribution in [1.29, 1.82) is 0 Å². The molecule has 0 saturated heterocycles. The van der Waals surface area contributed by atoms with Crippen LogP contribution in [0.25, 0.3) is 132 Å². The quantitative estimate of drug-likeness (QED) is 0.0312. The number of hydrogen-bond donors (Lipinski definition) is 8. The predicted octanol–water partition coefficient (Wildman–Crippen LogP) is 16.6. The summed E-state index contributed by atoms with van der Waals surface area (Å²) in [6, 6.07) is 58.2. The topological polar surface area (TPSA) is 457 Å². The fraction of sp³-hybridized carbons (Fsp3) is 0.129. The van der Waals surface area contributed by atoms with Crippen LogP contribution in [0.3, 0.4) is 0 Å². The summed E-state index contributed by atoms with van der Waals surface area (Å²) in [4.78, 5) is 116. The average molecular weight is 2000 g/mol. The zero-order chi connectivity index (χ0) is 99.6. The fourth-order valence-corrected chi connectivity index (χ4v) is 20.3. The lowest BCUT2D eigenvalue weighted by molar-refractivity contribution is 0.0964. The number of aryl methyl sites for hydroxylation is 1. The van der Waals surface area contributed by atoms with Crippen LogP contribution in [0.4, 0.5) is 13.2 Å². The van der Waals surface area contributed by atoms with Crippen molar-refractivity contribution in [3.05, 3.63) is 377 Å². The minimum Gasteiger partial charge on any atom is -0.464 e. The number of carbonyl (C=O) groups excluding carboxylic acids is 4. The second-order valence-electron chi connectivity index (χ2n) is 33.5. The maximum absolute atomic E-state index is 15.0. The van der Waals surface area contributed by atoms with Gasteiger partial charge >= 0.3 is 0 Å². The van der Waals surface area contributed by atoms with Gasteiger partial charge in [0.25, 0.3) is 45.9 Å². The van der Waals surface area contributed by atoms with Crippen molar-refractivity contribution in [3.8, 4) is 44.5 Å². The van der Waals surface area contributed by atoms with E-state index in [1.807, 2.05) is 33.7 Å². The van der Waals surface area contributed by atoms with Gasteiger partial charge in [-0.3, -0.25) is 38.4 Å². The maximum atomic E-state index is 15.0. The van der Waals surface area contributed by atoms with Crippen LogP contribution < -0.4 is 41.1 Å². The minimum absolute atomic E-state index is 0.000875. The predicted molar refractivity (Wildman–Crippen MR) is 528 cm³/mol. The van der Waals surface area contributed by atoms with Gasteiger partial charge in [0.05, 0.1) is 134 Å². The summed E-state index contributed by atoms with van der Waals surface area (Å²) in [7, 11) is -15.8. The molecule has 12 aromatic heterocycles. The van der Waals surface area contributed by atoms with Gasteiger partial charge in [-0.15, -0.1) is 0 Å². The van der Waals surface area contributed by atoms with E-state index in [1.54, 1.807) is 175 Å². The molecule has 0 spiro atoms. The zero-order valence-electron chi connectivity index (χ0n) is 74.8. The molecule has 0 bridgehead atoms. The van der Waals surface area contributed by atoms with Crippen LogP contribution in [0.1, 0.15) is 96.5 Å². The van der Waals surface area contributed by atoms with Crippen LogP contribution in [0.2, 0.25) is 5.02 Å². The largest absolute Gasteiger partial charge is 0.464 e. The number of rotatable bonds is 22. The molecule has 0 aliphatic heterocycles. The molecule has 1 fully saturated rings. The minimum atomic E-state index is -4.02. The van der Waals surface area contributed by atoms with E-state index in [-0.39, 0.29) is 99.0 Å². The van der Waals surface area contributed by atoms with Crippen LogP contribution in [0.5, 0.6) is 0 Å².